The Hall–Kier alpha value is -3.38. The van der Waals surface area contributed by atoms with Crippen LogP contribution in [0.2, 0.25) is 0 Å². The van der Waals surface area contributed by atoms with E-state index >= 15 is 0 Å². The average Bonchev–Trinajstić information content (AvgIpc) is 2.62. The zero-order valence-corrected chi connectivity index (χ0v) is 12.4. The fourth-order valence-corrected chi connectivity index (χ4v) is 2.42. The van der Waals surface area contributed by atoms with Crippen molar-refractivity contribution in [2.75, 3.05) is 5.32 Å². The first kappa shape index (κ1) is 14.6. The van der Waals surface area contributed by atoms with E-state index in [2.05, 4.69) is 11.4 Å². The number of nitriles is 1. The molecule has 0 fully saturated rings. The number of nitrogens with zero attached hydrogens (tertiary/aromatic N) is 1. The Morgan fingerprint density at radius 3 is 2.39 bits per heavy atom. The summed E-state index contributed by atoms with van der Waals surface area (Å²) in [5.41, 5.74) is 3.59. The van der Waals surface area contributed by atoms with Crippen molar-refractivity contribution in [3.8, 4) is 17.2 Å². The molecule has 3 rings (SSSR count). The Labute approximate surface area is 134 Å². The molecule has 1 amide bonds. The van der Waals surface area contributed by atoms with Crippen LogP contribution in [-0.2, 0) is 0 Å². The molecule has 23 heavy (non-hydrogen) atoms. The van der Waals surface area contributed by atoms with E-state index in [1.807, 2.05) is 48.5 Å². The van der Waals surface area contributed by atoms with Gasteiger partial charge in [0.2, 0.25) is 0 Å². The van der Waals surface area contributed by atoms with Gasteiger partial charge in [0.05, 0.1) is 11.6 Å². The van der Waals surface area contributed by atoms with Gasteiger partial charge in [0.1, 0.15) is 0 Å². The molecular weight excluding hydrogens is 284 g/mol. The molecule has 0 unspecified atom stereocenters. The van der Waals surface area contributed by atoms with Crippen molar-refractivity contribution < 1.29 is 4.79 Å². The lowest BCUT2D eigenvalue weighted by Crippen LogP contribution is -2.13. The van der Waals surface area contributed by atoms with Gasteiger partial charge in [0, 0.05) is 11.3 Å². The maximum absolute atomic E-state index is 12.6. The van der Waals surface area contributed by atoms with E-state index in [1.54, 1.807) is 30.3 Å². The summed E-state index contributed by atoms with van der Waals surface area (Å²) in [4.78, 5) is 12.6. The maximum atomic E-state index is 12.6. The topological polar surface area (TPSA) is 52.9 Å². The van der Waals surface area contributed by atoms with Crippen molar-refractivity contribution in [1.82, 2.24) is 0 Å². The van der Waals surface area contributed by atoms with E-state index in [1.165, 1.54) is 0 Å². The van der Waals surface area contributed by atoms with Gasteiger partial charge in [-0.15, -0.1) is 0 Å². The standard InChI is InChI=1S/C20H14N2O/c21-14-15-7-6-10-17(13-15)22-20(23)19-12-5-4-11-18(19)16-8-2-1-3-9-16/h1-13H,(H,22,23). The second kappa shape index (κ2) is 6.59. The van der Waals surface area contributed by atoms with Crippen LogP contribution in [0.1, 0.15) is 15.9 Å². The zero-order chi connectivity index (χ0) is 16.1. The summed E-state index contributed by atoms with van der Waals surface area (Å²) in [5.74, 6) is -0.195. The summed E-state index contributed by atoms with van der Waals surface area (Å²) in [6, 6.07) is 26.2. The summed E-state index contributed by atoms with van der Waals surface area (Å²) in [5, 5.41) is 11.8. The zero-order valence-electron chi connectivity index (χ0n) is 12.4. The summed E-state index contributed by atoms with van der Waals surface area (Å²) in [6.07, 6.45) is 0. The maximum Gasteiger partial charge on any atom is 0.256 e. The van der Waals surface area contributed by atoms with Crippen LogP contribution in [-0.4, -0.2) is 5.91 Å². The number of carbonyl (C=O) groups excluding carboxylic acids is 1. The van der Waals surface area contributed by atoms with Crippen LogP contribution in [0, 0.1) is 11.3 Å². The molecule has 0 aliphatic rings. The van der Waals surface area contributed by atoms with Gasteiger partial charge < -0.3 is 5.32 Å². The van der Waals surface area contributed by atoms with Gasteiger partial charge in [0.25, 0.3) is 5.91 Å². The van der Waals surface area contributed by atoms with Crippen LogP contribution in [0.25, 0.3) is 11.1 Å². The summed E-state index contributed by atoms with van der Waals surface area (Å²) >= 11 is 0. The van der Waals surface area contributed by atoms with Crippen molar-refractivity contribution in [3.05, 3.63) is 90.0 Å². The molecular formula is C20H14N2O. The van der Waals surface area contributed by atoms with E-state index in [4.69, 9.17) is 5.26 Å². The van der Waals surface area contributed by atoms with Gasteiger partial charge in [-0.05, 0) is 35.4 Å². The minimum Gasteiger partial charge on any atom is -0.322 e. The van der Waals surface area contributed by atoms with Crippen LogP contribution < -0.4 is 5.32 Å². The minimum atomic E-state index is -0.195. The largest absolute Gasteiger partial charge is 0.322 e. The quantitative estimate of drug-likeness (QED) is 0.775. The number of amides is 1. The van der Waals surface area contributed by atoms with Crippen LogP contribution in [0.15, 0.2) is 78.9 Å². The Kier molecular flexibility index (Phi) is 4.17. The predicted molar refractivity (Wildman–Crippen MR) is 91.0 cm³/mol. The normalized spacial score (nSPS) is 9.87. The highest BCUT2D eigenvalue weighted by Crippen LogP contribution is 2.24. The lowest BCUT2D eigenvalue weighted by Gasteiger charge is -2.10. The highest BCUT2D eigenvalue weighted by Gasteiger charge is 2.12. The van der Waals surface area contributed by atoms with E-state index in [-0.39, 0.29) is 5.91 Å². The third-order valence-electron chi connectivity index (χ3n) is 3.51. The lowest BCUT2D eigenvalue weighted by molar-refractivity contribution is 0.102. The number of rotatable bonds is 3. The number of benzene rings is 3. The molecule has 0 saturated carbocycles. The minimum absolute atomic E-state index is 0.195. The number of hydrogen-bond acceptors (Lipinski definition) is 2. The average molecular weight is 298 g/mol. The van der Waals surface area contributed by atoms with Crippen molar-refractivity contribution >= 4 is 11.6 Å². The van der Waals surface area contributed by atoms with E-state index in [0.29, 0.717) is 16.8 Å². The molecule has 3 aromatic rings. The second-order valence-corrected chi connectivity index (χ2v) is 5.06. The van der Waals surface area contributed by atoms with Crippen LogP contribution in [0.5, 0.6) is 0 Å². The summed E-state index contributed by atoms with van der Waals surface area (Å²) in [7, 11) is 0. The third-order valence-corrected chi connectivity index (χ3v) is 3.51. The molecule has 1 N–H and O–H groups in total. The molecule has 3 aromatic carbocycles. The van der Waals surface area contributed by atoms with Crippen molar-refractivity contribution in [2.45, 2.75) is 0 Å². The van der Waals surface area contributed by atoms with Crippen LogP contribution in [0.3, 0.4) is 0 Å². The highest BCUT2D eigenvalue weighted by atomic mass is 16.1. The van der Waals surface area contributed by atoms with Gasteiger partial charge in [-0.25, -0.2) is 0 Å². The molecule has 0 aliphatic carbocycles. The number of anilines is 1. The molecule has 3 heteroatoms. The van der Waals surface area contributed by atoms with E-state index in [9.17, 15) is 4.79 Å². The number of hydrogen-bond donors (Lipinski definition) is 1. The Bertz CT molecular complexity index is 879. The first-order valence-electron chi connectivity index (χ1n) is 7.24. The second-order valence-electron chi connectivity index (χ2n) is 5.06. The monoisotopic (exact) mass is 298 g/mol. The highest BCUT2D eigenvalue weighted by molar-refractivity contribution is 6.08. The van der Waals surface area contributed by atoms with Crippen LogP contribution in [0.4, 0.5) is 5.69 Å². The smallest absolute Gasteiger partial charge is 0.256 e. The van der Waals surface area contributed by atoms with Gasteiger partial charge in [-0.2, -0.15) is 5.26 Å². The molecule has 110 valence electrons. The van der Waals surface area contributed by atoms with Crippen molar-refractivity contribution in [3.63, 3.8) is 0 Å². The molecule has 0 saturated heterocycles. The fraction of sp³-hybridized carbons (Fsp3) is 0. The molecule has 0 heterocycles. The van der Waals surface area contributed by atoms with Crippen LogP contribution >= 0.6 is 0 Å². The first-order chi connectivity index (χ1) is 11.3. The molecule has 0 bridgehead atoms. The first-order valence-corrected chi connectivity index (χ1v) is 7.24. The molecule has 0 aliphatic heterocycles. The summed E-state index contributed by atoms with van der Waals surface area (Å²) in [6.45, 7) is 0. The number of carbonyl (C=O) groups is 1. The number of nitrogens with one attached hydrogen (secondary N) is 1. The lowest BCUT2D eigenvalue weighted by atomic mass is 9.99. The molecule has 0 atom stereocenters. The van der Waals surface area contributed by atoms with Gasteiger partial charge >= 0.3 is 0 Å². The Morgan fingerprint density at radius 1 is 0.870 bits per heavy atom. The van der Waals surface area contributed by atoms with E-state index < -0.39 is 0 Å². The van der Waals surface area contributed by atoms with Gasteiger partial charge in [-0.3, -0.25) is 4.79 Å². The molecule has 3 nitrogen and oxygen atoms in total. The molecule has 0 radical (unpaired) electrons. The Balaban J connectivity index is 1.93. The third kappa shape index (κ3) is 3.28. The van der Waals surface area contributed by atoms with Gasteiger partial charge in [0.15, 0.2) is 0 Å². The fourth-order valence-electron chi connectivity index (χ4n) is 2.42. The van der Waals surface area contributed by atoms with E-state index in [0.717, 1.165) is 11.1 Å². The molecule has 0 spiro atoms. The van der Waals surface area contributed by atoms with Gasteiger partial charge in [-0.1, -0.05) is 54.6 Å². The molecule has 0 aromatic heterocycles. The predicted octanol–water partition coefficient (Wildman–Crippen LogP) is 4.48. The van der Waals surface area contributed by atoms with Crippen molar-refractivity contribution in [1.29, 1.82) is 5.26 Å². The summed E-state index contributed by atoms with van der Waals surface area (Å²) < 4.78 is 0. The Morgan fingerprint density at radius 2 is 1.61 bits per heavy atom. The van der Waals surface area contributed by atoms with Crippen molar-refractivity contribution in [2.24, 2.45) is 0 Å². The SMILES string of the molecule is N#Cc1cccc(NC(=O)c2ccccc2-c2ccccc2)c1.